The Morgan fingerprint density at radius 1 is 0.920 bits per heavy atom. The van der Waals surface area contributed by atoms with Crippen LogP contribution in [0.3, 0.4) is 0 Å². The fraction of sp³-hybridized carbons (Fsp3) is 0.100. The van der Waals surface area contributed by atoms with Crippen LogP contribution in [0.15, 0.2) is 72.9 Å². The van der Waals surface area contributed by atoms with Crippen LogP contribution in [0.2, 0.25) is 0 Å². The van der Waals surface area contributed by atoms with Gasteiger partial charge in [-0.2, -0.15) is 5.10 Å². The van der Waals surface area contributed by atoms with E-state index in [9.17, 15) is 0 Å². The van der Waals surface area contributed by atoms with Crippen molar-refractivity contribution < 1.29 is 0 Å². The van der Waals surface area contributed by atoms with Crippen LogP contribution >= 0.6 is 0 Å². The molecule has 0 saturated heterocycles. The molecule has 0 radical (unpaired) electrons. The second-order valence-corrected chi connectivity index (χ2v) is 5.85. The zero-order valence-corrected chi connectivity index (χ0v) is 14.0. The zero-order chi connectivity index (χ0) is 17.1. The summed E-state index contributed by atoms with van der Waals surface area (Å²) in [6.45, 7) is 2.74. The summed E-state index contributed by atoms with van der Waals surface area (Å²) >= 11 is 0. The Kier molecular flexibility index (Phi) is 4.14. The van der Waals surface area contributed by atoms with Crippen molar-refractivity contribution in [1.82, 2.24) is 20.2 Å². The van der Waals surface area contributed by atoms with Crippen LogP contribution in [0, 0.1) is 6.92 Å². The highest BCUT2D eigenvalue weighted by molar-refractivity contribution is 5.92. The number of hydrogen-bond donors (Lipinski definition) is 2. The number of benzene rings is 2. The van der Waals surface area contributed by atoms with E-state index in [4.69, 9.17) is 0 Å². The molecule has 0 bridgehead atoms. The van der Waals surface area contributed by atoms with Gasteiger partial charge in [0.15, 0.2) is 5.65 Å². The van der Waals surface area contributed by atoms with Gasteiger partial charge in [-0.25, -0.2) is 15.1 Å². The molecule has 0 aliphatic carbocycles. The first kappa shape index (κ1) is 15.4. The van der Waals surface area contributed by atoms with Crippen molar-refractivity contribution >= 4 is 16.7 Å². The predicted octanol–water partition coefficient (Wildman–Crippen LogP) is 3.85. The maximum absolute atomic E-state index is 4.67. The lowest BCUT2D eigenvalue weighted by Gasteiger charge is -2.10. The van der Waals surface area contributed by atoms with Crippen molar-refractivity contribution in [1.29, 1.82) is 0 Å². The monoisotopic (exact) mass is 329 g/mol. The molecule has 0 spiro atoms. The SMILES string of the molecule is Cc1nn(-c2ccccc2)c2nccc(NNCc3ccccc3)c12. The number of nitrogens with one attached hydrogen (secondary N) is 2. The Morgan fingerprint density at radius 3 is 2.40 bits per heavy atom. The summed E-state index contributed by atoms with van der Waals surface area (Å²) < 4.78 is 1.88. The minimum atomic E-state index is 0.733. The lowest BCUT2D eigenvalue weighted by molar-refractivity contribution is 0.802. The van der Waals surface area contributed by atoms with Gasteiger partial charge in [0.1, 0.15) is 0 Å². The third-order valence-electron chi connectivity index (χ3n) is 4.10. The number of para-hydroxylation sites is 1. The van der Waals surface area contributed by atoms with Crippen LogP contribution in [0.1, 0.15) is 11.3 Å². The van der Waals surface area contributed by atoms with Crippen LogP contribution in [-0.2, 0) is 6.54 Å². The van der Waals surface area contributed by atoms with Crippen LogP contribution in [0.4, 0.5) is 5.69 Å². The lowest BCUT2D eigenvalue weighted by Crippen LogP contribution is -2.21. The van der Waals surface area contributed by atoms with Crippen molar-refractivity contribution in [3.8, 4) is 5.69 Å². The highest BCUT2D eigenvalue weighted by Crippen LogP contribution is 2.26. The summed E-state index contributed by atoms with van der Waals surface area (Å²) in [7, 11) is 0. The Hall–Kier alpha value is -3.18. The maximum atomic E-state index is 4.67. The average Bonchev–Trinajstić information content (AvgIpc) is 3.01. The third kappa shape index (κ3) is 3.09. The highest BCUT2D eigenvalue weighted by Gasteiger charge is 2.13. The molecular formula is C20H19N5. The molecule has 0 amide bonds. The number of fused-ring (bicyclic) bond motifs is 1. The lowest BCUT2D eigenvalue weighted by atomic mass is 10.2. The maximum Gasteiger partial charge on any atom is 0.165 e. The summed E-state index contributed by atoms with van der Waals surface area (Å²) in [6.07, 6.45) is 1.80. The van der Waals surface area contributed by atoms with Crippen molar-refractivity contribution in [2.75, 3.05) is 5.43 Å². The van der Waals surface area contributed by atoms with Gasteiger partial charge in [-0.1, -0.05) is 48.5 Å². The molecule has 0 aliphatic heterocycles. The first-order valence-corrected chi connectivity index (χ1v) is 8.25. The molecule has 0 atom stereocenters. The molecule has 2 aromatic carbocycles. The molecule has 4 aromatic rings. The number of hydrogen-bond acceptors (Lipinski definition) is 4. The van der Waals surface area contributed by atoms with Gasteiger partial charge in [-0.3, -0.25) is 0 Å². The fourth-order valence-electron chi connectivity index (χ4n) is 2.91. The number of anilines is 1. The molecule has 0 unspecified atom stereocenters. The first-order valence-electron chi connectivity index (χ1n) is 8.25. The fourth-order valence-corrected chi connectivity index (χ4v) is 2.91. The third-order valence-corrected chi connectivity index (χ3v) is 4.10. The van der Waals surface area contributed by atoms with E-state index < -0.39 is 0 Å². The number of rotatable bonds is 5. The van der Waals surface area contributed by atoms with E-state index in [1.165, 1.54) is 5.56 Å². The average molecular weight is 329 g/mol. The van der Waals surface area contributed by atoms with Gasteiger partial charge in [0.25, 0.3) is 0 Å². The van der Waals surface area contributed by atoms with E-state index in [1.807, 2.05) is 66.2 Å². The molecule has 0 saturated carbocycles. The number of hydrazine groups is 1. The molecule has 2 N–H and O–H groups in total. The molecule has 4 rings (SSSR count). The van der Waals surface area contributed by atoms with E-state index in [2.05, 4.69) is 33.1 Å². The Labute approximate surface area is 146 Å². The predicted molar refractivity (Wildman–Crippen MR) is 101 cm³/mol. The summed E-state index contributed by atoms with van der Waals surface area (Å²) in [5, 5.41) is 5.69. The molecular weight excluding hydrogens is 310 g/mol. The van der Waals surface area contributed by atoms with Crippen LogP contribution < -0.4 is 10.9 Å². The zero-order valence-electron chi connectivity index (χ0n) is 14.0. The van der Waals surface area contributed by atoms with E-state index in [0.29, 0.717) is 0 Å². The minimum Gasteiger partial charge on any atom is -0.320 e. The number of aromatic nitrogens is 3. The van der Waals surface area contributed by atoms with Crippen LogP contribution in [0.25, 0.3) is 16.7 Å². The van der Waals surface area contributed by atoms with E-state index in [-0.39, 0.29) is 0 Å². The largest absolute Gasteiger partial charge is 0.320 e. The minimum absolute atomic E-state index is 0.733. The molecule has 2 aromatic heterocycles. The Balaban J connectivity index is 1.63. The molecule has 0 aliphatic rings. The van der Waals surface area contributed by atoms with Gasteiger partial charge in [0, 0.05) is 12.7 Å². The topological polar surface area (TPSA) is 54.8 Å². The molecule has 5 nitrogen and oxygen atoms in total. The molecule has 25 heavy (non-hydrogen) atoms. The molecule has 5 heteroatoms. The number of nitrogens with zero attached hydrogens (tertiary/aromatic N) is 3. The van der Waals surface area contributed by atoms with Gasteiger partial charge in [-0.15, -0.1) is 0 Å². The van der Waals surface area contributed by atoms with E-state index in [1.54, 1.807) is 6.20 Å². The van der Waals surface area contributed by atoms with Crippen LogP contribution in [-0.4, -0.2) is 14.8 Å². The highest BCUT2D eigenvalue weighted by atomic mass is 15.4. The van der Waals surface area contributed by atoms with Gasteiger partial charge in [0.2, 0.25) is 0 Å². The second-order valence-electron chi connectivity index (χ2n) is 5.85. The molecule has 2 heterocycles. The quantitative estimate of drug-likeness (QED) is 0.546. The van der Waals surface area contributed by atoms with Gasteiger partial charge >= 0.3 is 0 Å². The van der Waals surface area contributed by atoms with Gasteiger partial charge in [-0.05, 0) is 30.7 Å². The van der Waals surface area contributed by atoms with Crippen molar-refractivity contribution in [2.24, 2.45) is 0 Å². The summed E-state index contributed by atoms with van der Waals surface area (Å²) in [6, 6.07) is 22.3. The van der Waals surface area contributed by atoms with Gasteiger partial charge < -0.3 is 5.43 Å². The number of aryl methyl sites for hydroxylation is 1. The number of pyridine rings is 1. The summed E-state index contributed by atoms with van der Waals surface area (Å²) in [5.41, 5.74) is 11.5. The Morgan fingerprint density at radius 2 is 1.64 bits per heavy atom. The first-order chi connectivity index (χ1) is 12.3. The summed E-state index contributed by atoms with van der Waals surface area (Å²) in [4.78, 5) is 4.54. The van der Waals surface area contributed by atoms with E-state index >= 15 is 0 Å². The summed E-state index contributed by atoms with van der Waals surface area (Å²) in [5.74, 6) is 0. The van der Waals surface area contributed by atoms with Crippen molar-refractivity contribution in [3.63, 3.8) is 0 Å². The molecule has 124 valence electrons. The standard InChI is InChI=1S/C20H19N5/c1-15-19-18(23-22-14-16-8-4-2-5-9-16)12-13-21-20(19)25(24-15)17-10-6-3-7-11-17/h2-13,22H,14H2,1H3,(H,21,23). The smallest absolute Gasteiger partial charge is 0.165 e. The normalized spacial score (nSPS) is 10.9. The van der Waals surface area contributed by atoms with Crippen molar-refractivity contribution in [2.45, 2.75) is 13.5 Å². The molecule has 0 fully saturated rings. The van der Waals surface area contributed by atoms with Crippen LogP contribution in [0.5, 0.6) is 0 Å². The second kappa shape index (κ2) is 6.75. The Bertz CT molecular complexity index is 977. The van der Waals surface area contributed by atoms with E-state index in [0.717, 1.165) is 34.6 Å². The van der Waals surface area contributed by atoms with Crippen molar-refractivity contribution in [3.05, 3.63) is 84.2 Å². The van der Waals surface area contributed by atoms with Gasteiger partial charge in [0.05, 0.1) is 22.5 Å².